The van der Waals surface area contributed by atoms with Crippen molar-refractivity contribution in [2.45, 2.75) is 44.4 Å². The van der Waals surface area contributed by atoms with Gasteiger partial charge in [0.25, 0.3) is 5.91 Å². The number of piperazine rings is 1. The van der Waals surface area contributed by atoms with Gasteiger partial charge in [0.2, 0.25) is 0 Å². The lowest BCUT2D eigenvalue weighted by Gasteiger charge is -2.37. The fourth-order valence-electron chi connectivity index (χ4n) is 4.38. The molecular weight excluding hydrogens is 348 g/mol. The van der Waals surface area contributed by atoms with E-state index in [9.17, 15) is 4.79 Å². The molecule has 0 spiro atoms. The maximum Gasteiger partial charge on any atom is 0.255 e. The number of pyridine rings is 1. The molecule has 2 heterocycles. The molecule has 2 aliphatic carbocycles. The minimum atomic E-state index is 0.0659. The van der Waals surface area contributed by atoms with E-state index in [2.05, 4.69) is 28.1 Å². The first kappa shape index (κ1) is 17.5. The van der Waals surface area contributed by atoms with Crippen LogP contribution < -0.4 is 10.6 Å². The summed E-state index contributed by atoms with van der Waals surface area (Å²) in [6.07, 6.45) is 6.96. The van der Waals surface area contributed by atoms with E-state index >= 15 is 0 Å². The molecule has 0 unspecified atom stereocenters. The molecule has 2 aromatic rings. The van der Waals surface area contributed by atoms with Gasteiger partial charge in [-0.25, -0.2) is 4.98 Å². The van der Waals surface area contributed by atoms with Crippen molar-refractivity contribution in [3.05, 3.63) is 52.7 Å². The van der Waals surface area contributed by atoms with Gasteiger partial charge in [0.1, 0.15) is 5.82 Å². The van der Waals surface area contributed by atoms with E-state index in [0.29, 0.717) is 11.4 Å². The minimum absolute atomic E-state index is 0.0659. The van der Waals surface area contributed by atoms with Crippen LogP contribution in [0.4, 0.5) is 11.5 Å². The fourth-order valence-corrected chi connectivity index (χ4v) is 4.38. The molecule has 0 bridgehead atoms. The number of amides is 1. The molecule has 5 heteroatoms. The molecule has 1 saturated heterocycles. The van der Waals surface area contributed by atoms with Crippen molar-refractivity contribution in [2.24, 2.45) is 0 Å². The Hall–Kier alpha value is -2.56. The Morgan fingerprint density at radius 2 is 1.75 bits per heavy atom. The molecule has 0 atom stereocenters. The molecule has 2 saturated carbocycles. The van der Waals surface area contributed by atoms with Crippen molar-refractivity contribution in [3.8, 4) is 0 Å². The van der Waals surface area contributed by atoms with Crippen LogP contribution in [0.15, 0.2) is 30.5 Å². The molecule has 1 aliphatic heterocycles. The highest BCUT2D eigenvalue weighted by Crippen LogP contribution is 2.48. The highest BCUT2D eigenvalue weighted by Gasteiger charge is 2.32. The molecule has 1 aromatic carbocycles. The Kier molecular flexibility index (Phi) is 4.26. The first-order valence-corrected chi connectivity index (χ1v) is 10.5. The number of anilines is 2. The SMILES string of the molecule is Cc1cc(N)ncc1C(=O)N1CCN(c2ccc(C3CC3)cc2C2CC2)CC1. The third kappa shape index (κ3) is 3.34. The Labute approximate surface area is 166 Å². The van der Waals surface area contributed by atoms with Gasteiger partial charge < -0.3 is 15.5 Å². The van der Waals surface area contributed by atoms with Gasteiger partial charge in [-0.1, -0.05) is 12.1 Å². The summed E-state index contributed by atoms with van der Waals surface area (Å²) >= 11 is 0. The molecular formula is C23H28N4O. The second kappa shape index (κ2) is 6.80. The average Bonchev–Trinajstić information content (AvgIpc) is 3.60. The van der Waals surface area contributed by atoms with Gasteiger partial charge in [-0.05, 0) is 73.3 Å². The summed E-state index contributed by atoms with van der Waals surface area (Å²) in [5.41, 5.74) is 11.8. The number of rotatable bonds is 4. The van der Waals surface area contributed by atoms with Crippen molar-refractivity contribution >= 4 is 17.4 Å². The van der Waals surface area contributed by atoms with Crippen LogP contribution in [0.5, 0.6) is 0 Å². The molecule has 28 heavy (non-hydrogen) atoms. The van der Waals surface area contributed by atoms with Crippen molar-refractivity contribution in [3.63, 3.8) is 0 Å². The number of nitrogen functional groups attached to an aromatic ring is 1. The van der Waals surface area contributed by atoms with Crippen LogP contribution in [0, 0.1) is 6.92 Å². The number of hydrogen-bond donors (Lipinski definition) is 1. The first-order valence-electron chi connectivity index (χ1n) is 10.5. The van der Waals surface area contributed by atoms with Crippen molar-refractivity contribution in [1.82, 2.24) is 9.88 Å². The quantitative estimate of drug-likeness (QED) is 0.884. The number of hydrogen-bond acceptors (Lipinski definition) is 4. The van der Waals surface area contributed by atoms with Crippen LogP contribution in [0.25, 0.3) is 0 Å². The summed E-state index contributed by atoms with van der Waals surface area (Å²) in [5, 5.41) is 0. The van der Waals surface area contributed by atoms with E-state index < -0.39 is 0 Å². The molecule has 1 amide bonds. The predicted molar refractivity (Wildman–Crippen MR) is 112 cm³/mol. The lowest BCUT2D eigenvalue weighted by molar-refractivity contribution is 0.0745. The molecule has 3 fully saturated rings. The maximum absolute atomic E-state index is 12.9. The Balaban J connectivity index is 1.30. The molecule has 5 nitrogen and oxygen atoms in total. The summed E-state index contributed by atoms with van der Waals surface area (Å²) in [7, 11) is 0. The zero-order chi connectivity index (χ0) is 19.3. The first-order chi connectivity index (χ1) is 13.6. The van der Waals surface area contributed by atoms with Crippen LogP contribution in [-0.2, 0) is 0 Å². The Morgan fingerprint density at radius 1 is 1.04 bits per heavy atom. The fraction of sp³-hybridized carbons (Fsp3) is 0.478. The standard InChI is InChI=1S/C23H28N4O/c1-15-12-22(24)25-14-20(15)23(28)27-10-8-26(9-11-27)21-7-6-18(16-2-3-16)13-19(21)17-4-5-17/h6-7,12-14,16-17H,2-5,8-11H2,1H3,(H2,24,25). The second-order valence-electron chi connectivity index (χ2n) is 8.57. The van der Waals surface area contributed by atoms with Crippen LogP contribution in [0.3, 0.4) is 0 Å². The number of nitrogens with zero attached hydrogens (tertiary/aromatic N) is 3. The van der Waals surface area contributed by atoms with Crippen LogP contribution >= 0.6 is 0 Å². The summed E-state index contributed by atoms with van der Waals surface area (Å²) in [6.45, 7) is 5.19. The molecule has 146 valence electrons. The van der Waals surface area contributed by atoms with Gasteiger partial charge in [-0.2, -0.15) is 0 Å². The second-order valence-corrected chi connectivity index (χ2v) is 8.57. The number of carbonyl (C=O) groups is 1. The number of carbonyl (C=O) groups excluding carboxylic acids is 1. The van der Waals surface area contributed by atoms with E-state index in [1.807, 2.05) is 11.8 Å². The summed E-state index contributed by atoms with van der Waals surface area (Å²) < 4.78 is 0. The van der Waals surface area contributed by atoms with E-state index in [0.717, 1.165) is 43.6 Å². The van der Waals surface area contributed by atoms with E-state index in [4.69, 9.17) is 5.73 Å². The molecule has 2 N–H and O–H groups in total. The number of aromatic nitrogens is 1. The number of nitrogens with two attached hydrogens (primary N) is 1. The van der Waals surface area contributed by atoms with Gasteiger partial charge in [0.05, 0.1) is 5.56 Å². The zero-order valence-corrected chi connectivity index (χ0v) is 16.5. The monoisotopic (exact) mass is 376 g/mol. The molecule has 5 rings (SSSR count). The Bertz CT molecular complexity index is 909. The summed E-state index contributed by atoms with van der Waals surface area (Å²) in [5.74, 6) is 2.08. The average molecular weight is 377 g/mol. The molecule has 1 aromatic heterocycles. The maximum atomic E-state index is 12.9. The Morgan fingerprint density at radius 3 is 2.39 bits per heavy atom. The van der Waals surface area contributed by atoms with Crippen molar-refractivity contribution < 1.29 is 4.79 Å². The lowest BCUT2D eigenvalue weighted by atomic mass is 10.0. The van der Waals surface area contributed by atoms with E-state index in [-0.39, 0.29) is 5.91 Å². The van der Waals surface area contributed by atoms with Gasteiger partial charge in [-0.15, -0.1) is 0 Å². The van der Waals surface area contributed by atoms with E-state index in [1.54, 1.807) is 17.8 Å². The smallest absolute Gasteiger partial charge is 0.255 e. The number of benzene rings is 1. The molecule has 3 aliphatic rings. The topological polar surface area (TPSA) is 62.5 Å². The number of aryl methyl sites for hydroxylation is 1. The zero-order valence-electron chi connectivity index (χ0n) is 16.5. The van der Waals surface area contributed by atoms with E-state index in [1.165, 1.54) is 36.9 Å². The van der Waals surface area contributed by atoms with Gasteiger partial charge in [0.15, 0.2) is 0 Å². The largest absolute Gasteiger partial charge is 0.384 e. The minimum Gasteiger partial charge on any atom is -0.384 e. The summed E-state index contributed by atoms with van der Waals surface area (Å²) in [6, 6.07) is 8.92. The molecule has 0 radical (unpaired) electrons. The predicted octanol–water partition coefficient (Wildman–Crippen LogP) is 3.69. The van der Waals surface area contributed by atoms with Crippen molar-refractivity contribution in [2.75, 3.05) is 36.8 Å². The normalized spacial score (nSPS) is 19.8. The summed E-state index contributed by atoms with van der Waals surface area (Å²) in [4.78, 5) is 21.4. The van der Waals surface area contributed by atoms with Crippen LogP contribution in [0.1, 0.15) is 64.6 Å². The van der Waals surface area contributed by atoms with Gasteiger partial charge in [0, 0.05) is 38.1 Å². The lowest BCUT2D eigenvalue weighted by Crippen LogP contribution is -2.49. The van der Waals surface area contributed by atoms with Crippen LogP contribution in [-0.4, -0.2) is 42.0 Å². The third-order valence-corrected chi connectivity index (χ3v) is 6.39. The highest BCUT2D eigenvalue weighted by atomic mass is 16.2. The van der Waals surface area contributed by atoms with Crippen LogP contribution in [0.2, 0.25) is 0 Å². The van der Waals surface area contributed by atoms with Gasteiger partial charge in [-0.3, -0.25) is 4.79 Å². The third-order valence-electron chi connectivity index (χ3n) is 6.39. The van der Waals surface area contributed by atoms with Crippen molar-refractivity contribution in [1.29, 1.82) is 0 Å². The highest BCUT2D eigenvalue weighted by molar-refractivity contribution is 5.95. The van der Waals surface area contributed by atoms with Gasteiger partial charge >= 0.3 is 0 Å².